The smallest absolute Gasteiger partial charge is 0.251 e. The van der Waals surface area contributed by atoms with Crippen LogP contribution in [0.15, 0.2) is 29.4 Å². The Labute approximate surface area is 135 Å². The average Bonchev–Trinajstić information content (AvgIpc) is 2.84. The SMILES string of the molecule is Cc1ccc(C(=O)NCc2nnc(SCC(C)C)n2C)cc1. The fourth-order valence-corrected chi connectivity index (χ4v) is 2.71. The number of carbonyl (C=O) groups excluding carboxylic acids is 1. The zero-order valence-corrected chi connectivity index (χ0v) is 14.3. The van der Waals surface area contributed by atoms with E-state index < -0.39 is 0 Å². The van der Waals surface area contributed by atoms with Gasteiger partial charge in [-0.3, -0.25) is 4.79 Å². The molecule has 0 spiro atoms. The van der Waals surface area contributed by atoms with E-state index >= 15 is 0 Å². The highest BCUT2D eigenvalue weighted by atomic mass is 32.2. The lowest BCUT2D eigenvalue weighted by atomic mass is 10.1. The number of aryl methyl sites for hydroxylation is 1. The third-order valence-electron chi connectivity index (χ3n) is 3.19. The number of thioether (sulfide) groups is 1. The molecule has 1 N–H and O–H groups in total. The summed E-state index contributed by atoms with van der Waals surface area (Å²) in [5.41, 5.74) is 1.79. The molecule has 5 nitrogen and oxygen atoms in total. The molecule has 0 unspecified atom stereocenters. The highest BCUT2D eigenvalue weighted by Gasteiger charge is 2.11. The quantitative estimate of drug-likeness (QED) is 0.832. The van der Waals surface area contributed by atoms with E-state index in [9.17, 15) is 4.79 Å². The number of hydrogen-bond donors (Lipinski definition) is 1. The van der Waals surface area contributed by atoms with Gasteiger partial charge in [0.05, 0.1) is 6.54 Å². The summed E-state index contributed by atoms with van der Waals surface area (Å²) in [5.74, 6) is 2.26. The van der Waals surface area contributed by atoms with Gasteiger partial charge in [0.1, 0.15) is 0 Å². The van der Waals surface area contributed by atoms with Crippen molar-refractivity contribution < 1.29 is 4.79 Å². The van der Waals surface area contributed by atoms with Gasteiger partial charge in [0, 0.05) is 18.4 Å². The van der Waals surface area contributed by atoms with Crippen molar-refractivity contribution in [3.63, 3.8) is 0 Å². The molecule has 22 heavy (non-hydrogen) atoms. The van der Waals surface area contributed by atoms with Crippen LogP contribution in [-0.2, 0) is 13.6 Å². The van der Waals surface area contributed by atoms with Gasteiger partial charge in [0.15, 0.2) is 11.0 Å². The summed E-state index contributed by atoms with van der Waals surface area (Å²) in [6.07, 6.45) is 0. The van der Waals surface area contributed by atoms with Gasteiger partial charge in [0.25, 0.3) is 5.91 Å². The van der Waals surface area contributed by atoms with Crippen molar-refractivity contribution in [1.29, 1.82) is 0 Å². The largest absolute Gasteiger partial charge is 0.345 e. The van der Waals surface area contributed by atoms with Crippen LogP contribution < -0.4 is 5.32 Å². The Morgan fingerprint density at radius 3 is 2.59 bits per heavy atom. The molecule has 1 aromatic carbocycles. The van der Waals surface area contributed by atoms with Crippen LogP contribution in [0.2, 0.25) is 0 Å². The maximum absolute atomic E-state index is 12.1. The topological polar surface area (TPSA) is 59.8 Å². The van der Waals surface area contributed by atoms with E-state index in [1.807, 2.05) is 42.8 Å². The van der Waals surface area contributed by atoms with Gasteiger partial charge in [-0.2, -0.15) is 0 Å². The van der Waals surface area contributed by atoms with Crippen LogP contribution in [0.25, 0.3) is 0 Å². The van der Waals surface area contributed by atoms with E-state index in [1.165, 1.54) is 0 Å². The maximum Gasteiger partial charge on any atom is 0.251 e. The molecule has 118 valence electrons. The minimum Gasteiger partial charge on any atom is -0.345 e. The van der Waals surface area contributed by atoms with Crippen LogP contribution in [-0.4, -0.2) is 26.4 Å². The first-order valence-electron chi connectivity index (χ1n) is 7.33. The zero-order chi connectivity index (χ0) is 16.1. The molecule has 1 heterocycles. The Morgan fingerprint density at radius 2 is 1.95 bits per heavy atom. The second kappa shape index (κ2) is 7.45. The molecule has 0 saturated heterocycles. The van der Waals surface area contributed by atoms with Crippen molar-refractivity contribution in [2.75, 3.05) is 5.75 Å². The van der Waals surface area contributed by atoms with Crippen LogP contribution >= 0.6 is 11.8 Å². The van der Waals surface area contributed by atoms with E-state index in [4.69, 9.17) is 0 Å². The number of benzene rings is 1. The summed E-state index contributed by atoms with van der Waals surface area (Å²) >= 11 is 1.68. The van der Waals surface area contributed by atoms with Crippen LogP contribution in [0.4, 0.5) is 0 Å². The fourth-order valence-electron chi connectivity index (χ4n) is 1.83. The van der Waals surface area contributed by atoms with Gasteiger partial charge in [-0.1, -0.05) is 43.3 Å². The minimum absolute atomic E-state index is 0.0978. The first kappa shape index (κ1) is 16.5. The number of amides is 1. The summed E-state index contributed by atoms with van der Waals surface area (Å²) in [6.45, 7) is 6.72. The van der Waals surface area contributed by atoms with E-state index in [1.54, 1.807) is 11.8 Å². The highest BCUT2D eigenvalue weighted by Crippen LogP contribution is 2.18. The number of hydrogen-bond acceptors (Lipinski definition) is 4. The summed E-state index contributed by atoms with van der Waals surface area (Å²) in [5, 5.41) is 12.1. The number of carbonyl (C=O) groups is 1. The Kier molecular flexibility index (Phi) is 5.60. The van der Waals surface area contributed by atoms with Crippen molar-refractivity contribution >= 4 is 17.7 Å². The molecule has 0 aliphatic carbocycles. The highest BCUT2D eigenvalue weighted by molar-refractivity contribution is 7.99. The number of nitrogens with zero attached hydrogens (tertiary/aromatic N) is 3. The summed E-state index contributed by atoms with van der Waals surface area (Å²) in [4.78, 5) is 12.1. The van der Waals surface area contributed by atoms with Crippen LogP contribution in [0.5, 0.6) is 0 Å². The first-order valence-corrected chi connectivity index (χ1v) is 8.32. The molecule has 0 fully saturated rings. The normalized spacial score (nSPS) is 11.0. The molecule has 2 aromatic rings. The molecular formula is C16H22N4OS. The van der Waals surface area contributed by atoms with E-state index in [0.717, 1.165) is 22.3 Å². The Balaban J connectivity index is 1.94. The number of nitrogens with one attached hydrogen (secondary N) is 1. The first-order chi connectivity index (χ1) is 10.5. The van der Waals surface area contributed by atoms with Crippen molar-refractivity contribution in [2.45, 2.75) is 32.5 Å². The third kappa shape index (κ3) is 4.34. The molecular weight excluding hydrogens is 296 g/mol. The van der Waals surface area contributed by atoms with Crippen molar-refractivity contribution in [1.82, 2.24) is 20.1 Å². The predicted octanol–water partition coefficient (Wildman–Crippen LogP) is 2.80. The van der Waals surface area contributed by atoms with Crippen LogP contribution in [0.3, 0.4) is 0 Å². The van der Waals surface area contributed by atoms with Crippen LogP contribution in [0, 0.1) is 12.8 Å². The molecule has 0 aliphatic rings. The second-order valence-corrected chi connectivity index (χ2v) is 6.70. The third-order valence-corrected chi connectivity index (χ3v) is 4.64. The van der Waals surface area contributed by atoms with Crippen LogP contribution in [0.1, 0.15) is 35.6 Å². The molecule has 6 heteroatoms. The maximum atomic E-state index is 12.1. The van der Waals surface area contributed by atoms with E-state index in [0.29, 0.717) is 18.0 Å². The number of aromatic nitrogens is 3. The molecule has 0 aliphatic heterocycles. The number of rotatable bonds is 6. The predicted molar refractivity (Wildman–Crippen MR) is 88.9 cm³/mol. The second-order valence-electron chi connectivity index (χ2n) is 5.71. The Hall–Kier alpha value is -1.82. The lowest BCUT2D eigenvalue weighted by Crippen LogP contribution is -2.24. The molecule has 1 aromatic heterocycles. The average molecular weight is 318 g/mol. The Bertz CT molecular complexity index is 634. The molecule has 2 rings (SSSR count). The van der Waals surface area contributed by atoms with Gasteiger partial charge < -0.3 is 9.88 Å². The molecule has 0 atom stereocenters. The fraction of sp³-hybridized carbons (Fsp3) is 0.438. The monoisotopic (exact) mass is 318 g/mol. The van der Waals surface area contributed by atoms with E-state index in [-0.39, 0.29) is 5.91 Å². The van der Waals surface area contributed by atoms with Crippen molar-refractivity contribution in [3.05, 3.63) is 41.2 Å². The molecule has 0 bridgehead atoms. The summed E-state index contributed by atoms with van der Waals surface area (Å²) in [6, 6.07) is 7.51. The van der Waals surface area contributed by atoms with Crippen molar-refractivity contribution in [2.24, 2.45) is 13.0 Å². The summed E-state index contributed by atoms with van der Waals surface area (Å²) < 4.78 is 1.93. The standard InChI is InChI=1S/C16H22N4OS/c1-11(2)10-22-16-19-18-14(20(16)4)9-17-15(21)13-7-5-12(3)6-8-13/h5-8,11H,9-10H2,1-4H3,(H,17,21). The lowest BCUT2D eigenvalue weighted by molar-refractivity contribution is 0.0949. The van der Waals surface area contributed by atoms with Gasteiger partial charge in [-0.15, -0.1) is 10.2 Å². The summed E-state index contributed by atoms with van der Waals surface area (Å²) in [7, 11) is 1.93. The molecule has 0 radical (unpaired) electrons. The van der Waals surface area contributed by atoms with E-state index in [2.05, 4.69) is 29.4 Å². The molecule has 1 amide bonds. The molecule has 0 saturated carbocycles. The minimum atomic E-state index is -0.0978. The zero-order valence-electron chi connectivity index (χ0n) is 13.5. The van der Waals surface area contributed by atoms with Crippen molar-refractivity contribution in [3.8, 4) is 0 Å². The van der Waals surface area contributed by atoms with Gasteiger partial charge in [0.2, 0.25) is 0 Å². The lowest BCUT2D eigenvalue weighted by Gasteiger charge is -2.07. The van der Waals surface area contributed by atoms with Gasteiger partial charge in [-0.05, 0) is 25.0 Å². The van der Waals surface area contributed by atoms with Gasteiger partial charge in [-0.25, -0.2) is 0 Å². The Morgan fingerprint density at radius 1 is 1.27 bits per heavy atom. The van der Waals surface area contributed by atoms with Gasteiger partial charge >= 0.3 is 0 Å².